The van der Waals surface area contributed by atoms with E-state index < -0.39 is 5.97 Å². The Morgan fingerprint density at radius 2 is 2.00 bits per heavy atom. The summed E-state index contributed by atoms with van der Waals surface area (Å²) in [5, 5.41) is 9.83. The van der Waals surface area contributed by atoms with Crippen LogP contribution in [0.1, 0.15) is 20.0 Å². The maximum absolute atomic E-state index is 12.8. The van der Waals surface area contributed by atoms with Crippen molar-refractivity contribution in [2.45, 2.75) is 0 Å². The summed E-state index contributed by atoms with van der Waals surface area (Å²) in [6.45, 7) is 3.88. The number of hydrogen-bond donors (Lipinski definition) is 2. The van der Waals surface area contributed by atoms with Crippen LogP contribution in [0, 0.1) is 0 Å². The van der Waals surface area contributed by atoms with E-state index in [1.54, 1.807) is 12.1 Å². The molecule has 1 amide bonds. The molecule has 0 saturated carbocycles. The molecule has 28 heavy (non-hydrogen) atoms. The van der Waals surface area contributed by atoms with Gasteiger partial charge in [0.2, 0.25) is 0 Å². The van der Waals surface area contributed by atoms with Gasteiger partial charge in [-0.15, -0.1) is 11.3 Å². The number of likely N-dealkylation sites (N-methyl/N-ethyl adjacent to an activating group) is 1. The lowest BCUT2D eigenvalue weighted by atomic mass is 10.1. The summed E-state index contributed by atoms with van der Waals surface area (Å²) in [4.78, 5) is 29.5. The minimum atomic E-state index is -0.410. The highest BCUT2D eigenvalue weighted by molar-refractivity contribution is 7.21. The zero-order valence-electron chi connectivity index (χ0n) is 15.7. The summed E-state index contributed by atoms with van der Waals surface area (Å²) < 4.78 is 5.46. The SMILES string of the molecule is COC(=O)c1cc2[nH]nc(NC(=O)c3cccc(N4CCN(C)CC4)c3)c2s1. The van der Waals surface area contributed by atoms with Gasteiger partial charge in [-0.2, -0.15) is 5.10 Å². The van der Waals surface area contributed by atoms with Crippen molar-refractivity contribution in [1.29, 1.82) is 0 Å². The summed E-state index contributed by atoms with van der Waals surface area (Å²) >= 11 is 1.23. The fourth-order valence-corrected chi connectivity index (χ4v) is 4.16. The third kappa shape index (κ3) is 3.58. The van der Waals surface area contributed by atoms with Gasteiger partial charge in [-0.3, -0.25) is 9.89 Å². The molecular formula is C19H21N5O3S. The quantitative estimate of drug-likeness (QED) is 0.655. The molecule has 4 rings (SSSR count). The van der Waals surface area contributed by atoms with Gasteiger partial charge in [0, 0.05) is 37.4 Å². The number of H-pyrrole nitrogens is 1. The number of aromatic nitrogens is 2. The molecule has 2 aromatic heterocycles. The second-order valence-corrected chi connectivity index (χ2v) is 7.76. The van der Waals surface area contributed by atoms with Crippen molar-refractivity contribution in [2.75, 3.05) is 50.6 Å². The van der Waals surface area contributed by atoms with Crippen LogP contribution in [0.25, 0.3) is 10.2 Å². The lowest BCUT2D eigenvalue weighted by Crippen LogP contribution is -2.44. The molecule has 0 radical (unpaired) electrons. The number of ether oxygens (including phenoxy) is 1. The molecule has 1 fully saturated rings. The van der Waals surface area contributed by atoms with Crippen molar-refractivity contribution in [3.63, 3.8) is 0 Å². The number of fused-ring (bicyclic) bond motifs is 1. The maximum atomic E-state index is 12.8. The molecule has 0 spiro atoms. The zero-order chi connectivity index (χ0) is 19.7. The topological polar surface area (TPSA) is 90.6 Å². The number of piperazine rings is 1. The van der Waals surface area contributed by atoms with Crippen molar-refractivity contribution in [2.24, 2.45) is 0 Å². The molecule has 2 N–H and O–H groups in total. The highest BCUT2D eigenvalue weighted by Gasteiger charge is 2.19. The Morgan fingerprint density at radius 3 is 2.75 bits per heavy atom. The number of esters is 1. The normalized spacial score (nSPS) is 15.0. The minimum Gasteiger partial charge on any atom is -0.465 e. The number of carbonyl (C=O) groups excluding carboxylic acids is 2. The van der Waals surface area contributed by atoms with Crippen LogP contribution in [-0.2, 0) is 4.74 Å². The third-order valence-electron chi connectivity index (χ3n) is 4.83. The number of benzene rings is 1. The van der Waals surface area contributed by atoms with Crippen LogP contribution in [0.5, 0.6) is 0 Å². The predicted octanol–water partition coefficient (Wildman–Crippen LogP) is 2.42. The standard InChI is InChI=1S/C19H21N5O3S/c1-23-6-8-24(9-7-23)13-5-3-4-12(10-13)18(25)20-17-16-14(21-22-17)11-15(28-16)19(26)27-2/h3-5,10-11H,6-9H2,1-2H3,(H2,20,21,22,25). The van der Waals surface area contributed by atoms with Gasteiger partial charge in [0.15, 0.2) is 5.82 Å². The van der Waals surface area contributed by atoms with E-state index in [4.69, 9.17) is 4.74 Å². The number of nitrogens with one attached hydrogen (secondary N) is 2. The Balaban J connectivity index is 1.52. The second kappa shape index (κ2) is 7.61. The Bertz CT molecular complexity index is 1020. The first-order valence-electron chi connectivity index (χ1n) is 8.96. The number of anilines is 2. The van der Waals surface area contributed by atoms with Crippen molar-refractivity contribution in [3.8, 4) is 0 Å². The molecule has 0 unspecified atom stereocenters. The number of thiophene rings is 1. The van der Waals surface area contributed by atoms with Crippen LogP contribution in [0.2, 0.25) is 0 Å². The average molecular weight is 399 g/mol. The highest BCUT2D eigenvalue weighted by atomic mass is 32.1. The predicted molar refractivity (Wildman–Crippen MR) is 109 cm³/mol. The van der Waals surface area contributed by atoms with Gasteiger partial charge in [0.1, 0.15) is 4.88 Å². The number of amides is 1. The number of nitrogens with zero attached hydrogens (tertiary/aromatic N) is 3. The molecule has 146 valence electrons. The van der Waals surface area contributed by atoms with Gasteiger partial charge in [-0.25, -0.2) is 4.79 Å². The van der Waals surface area contributed by atoms with Gasteiger partial charge in [0.25, 0.3) is 5.91 Å². The Labute approximate surface area is 166 Å². The van der Waals surface area contributed by atoms with Crippen molar-refractivity contribution < 1.29 is 14.3 Å². The third-order valence-corrected chi connectivity index (χ3v) is 5.95. The molecule has 1 aromatic carbocycles. The van der Waals surface area contributed by atoms with Gasteiger partial charge in [-0.05, 0) is 31.3 Å². The number of hydrogen-bond acceptors (Lipinski definition) is 7. The van der Waals surface area contributed by atoms with Crippen LogP contribution >= 0.6 is 11.3 Å². The zero-order valence-corrected chi connectivity index (χ0v) is 16.5. The maximum Gasteiger partial charge on any atom is 0.348 e. The highest BCUT2D eigenvalue weighted by Crippen LogP contribution is 2.31. The molecule has 1 aliphatic rings. The first-order chi connectivity index (χ1) is 13.5. The summed E-state index contributed by atoms with van der Waals surface area (Å²) in [5.74, 6) is -0.241. The van der Waals surface area contributed by atoms with Gasteiger partial charge >= 0.3 is 5.97 Å². The van der Waals surface area contributed by atoms with E-state index in [0.717, 1.165) is 31.9 Å². The molecule has 1 aliphatic heterocycles. The second-order valence-electron chi connectivity index (χ2n) is 6.71. The molecule has 1 saturated heterocycles. The lowest BCUT2D eigenvalue weighted by molar-refractivity contribution is 0.0606. The average Bonchev–Trinajstić information content (AvgIpc) is 3.30. The van der Waals surface area contributed by atoms with Crippen LogP contribution in [0.4, 0.5) is 11.5 Å². The fraction of sp³-hybridized carbons (Fsp3) is 0.316. The summed E-state index contributed by atoms with van der Waals surface area (Å²) in [7, 11) is 3.45. The summed E-state index contributed by atoms with van der Waals surface area (Å²) in [6, 6.07) is 9.27. The lowest BCUT2D eigenvalue weighted by Gasteiger charge is -2.34. The molecule has 8 nitrogen and oxygen atoms in total. The summed E-state index contributed by atoms with van der Waals surface area (Å²) in [5.41, 5.74) is 2.29. The largest absolute Gasteiger partial charge is 0.465 e. The number of rotatable bonds is 4. The first-order valence-corrected chi connectivity index (χ1v) is 9.78. The number of aromatic amines is 1. The molecule has 3 aromatic rings. The van der Waals surface area contributed by atoms with E-state index >= 15 is 0 Å². The number of carbonyl (C=O) groups is 2. The van der Waals surface area contributed by atoms with E-state index in [9.17, 15) is 9.59 Å². The number of methoxy groups -OCH3 is 1. The molecule has 9 heteroatoms. The molecule has 3 heterocycles. The summed E-state index contributed by atoms with van der Waals surface area (Å²) in [6.07, 6.45) is 0. The van der Waals surface area contributed by atoms with E-state index in [1.165, 1.54) is 18.4 Å². The Kier molecular flexibility index (Phi) is 5.01. The smallest absolute Gasteiger partial charge is 0.348 e. The van der Waals surface area contributed by atoms with Crippen molar-refractivity contribution >= 4 is 44.9 Å². The minimum absolute atomic E-state index is 0.239. The molecule has 0 atom stereocenters. The monoisotopic (exact) mass is 399 g/mol. The van der Waals surface area contributed by atoms with Crippen LogP contribution in [0.3, 0.4) is 0 Å². The Morgan fingerprint density at radius 1 is 1.21 bits per heavy atom. The van der Waals surface area contributed by atoms with Gasteiger partial charge in [0.05, 0.1) is 17.3 Å². The van der Waals surface area contributed by atoms with Crippen LogP contribution < -0.4 is 10.2 Å². The van der Waals surface area contributed by atoms with Gasteiger partial charge < -0.3 is 19.9 Å². The first kappa shape index (κ1) is 18.5. The van der Waals surface area contributed by atoms with Gasteiger partial charge in [-0.1, -0.05) is 6.07 Å². The Hall–Kier alpha value is -2.91. The van der Waals surface area contributed by atoms with Crippen molar-refractivity contribution in [1.82, 2.24) is 15.1 Å². The van der Waals surface area contributed by atoms with Crippen molar-refractivity contribution in [3.05, 3.63) is 40.8 Å². The van der Waals surface area contributed by atoms with E-state index in [-0.39, 0.29) is 5.91 Å². The van der Waals surface area contributed by atoms with Crippen LogP contribution in [0.15, 0.2) is 30.3 Å². The van der Waals surface area contributed by atoms with E-state index in [2.05, 4.69) is 32.4 Å². The van der Waals surface area contributed by atoms with Crippen LogP contribution in [-0.4, -0.2) is 67.3 Å². The van der Waals surface area contributed by atoms with E-state index in [1.807, 2.05) is 18.2 Å². The molecule has 0 aliphatic carbocycles. The molecule has 0 bridgehead atoms. The van der Waals surface area contributed by atoms with E-state index in [0.29, 0.717) is 26.5 Å². The fourth-order valence-electron chi connectivity index (χ4n) is 3.19. The molecular weight excluding hydrogens is 378 g/mol.